The Morgan fingerprint density at radius 3 is 2.47 bits per heavy atom. The van der Waals surface area contributed by atoms with Crippen molar-refractivity contribution < 1.29 is 4.74 Å². The lowest BCUT2D eigenvalue weighted by atomic mass is 9.80. The van der Waals surface area contributed by atoms with Crippen molar-refractivity contribution in [3.05, 3.63) is 0 Å². The van der Waals surface area contributed by atoms with Gasteiger partial charge in [0.25, 0.3) is 0 Å². The lowest BCUT2D eigenvalue weighted by Gasteiger charge is -2.37. The van der Waals surface area contributed by atoms with Crippen LogP contribution in [-0.4, -0.2) is 32.3 Å². The monoisotopic (exact) mass is 240 g/mol. The third-order valence-electron chi connectivity index (χ3n) is 4.72. The molecular weight excluding hydrogens is 212 g/mol. The largest absolute Gasteiger partial charge is 0.381 e. The van der Waals surface area contributed by atoms with Crippen LogP contribution in [0.15, 0.2) is 0 Å². The maximum absolute atomic E-state index is 5.98. The lowest BCUT2D eigenvalue weighted by molar-refractivity contribution is 0.0179. The van der Waals surface area contributed by atoms with Gasteiger partial charge in [0.2, 0.25) is 0 Å². The van der Waals surface area contributed by atoms with E-state index in [1.165, 1.54) is 19.3 Å². The minimum Gasteiger partial charge on any atom is -0.381 e. The molecule has 100 valence electrons. The molecular formula is C14H28N2O. The van der Waals surface area contributed by atoms with Crippen LogP contribution < -0.4 is 11.1 Å². The molecule has 3 N–H and O–H groups in total. The first-order valence-corrected chi connectivity index (χ1v) is 7.07. The summed E-state index contributed by atoms with van der Waals surface area (Å²) >= 11 is 0. The summed E-state index contributed by atoms with van der Waals surface area (Å²) < 4.78 is 5.45. The smallest absolute Gasteiger partial charge is 0.0472 e. The van der Waals surface area contributed by atoms with Gasteiger partial charge < -0.3 is 15.8 Å². The summed E-state index contributed by atoms with van der Waals surface area (Å²) in [5.41, 5.74) is 6.81. The maximum Gasteiger partial charge on any atom is 0.0472 e. The van der Waals surface area contributed by atoms with E-state index in [-0.39, 0.29) is 0 Å². The van der Waals surface area contributed by atoms with E-state index in [4.69, 9.17) is 10.5 Å². The molecule has 1 saturated carbocycles. The fraction of sp³-hybridized carbons (Fsp3) is 1.00. The van der Waals surface area contributed by atoms with Gasteiger partial charge in [-0.25, -0.2) is 0 Å². The van der Waals surface area contributed by atoms with Gasteiger partial charge in [-0.15, -0.1) is 0 Å². The summed E-state index contributed by atoms with van der Waals surface area (Å²) in [6, 6.07) is 0.705. The third-order valence-corrected chi connectivity index (χ3v) is 4.72. The molecule has 0 aromatic rings. The molecule has 3 nitrogen and oxygen atoms in total. The van der Waals surface area contributed by atoms with Crippen LogP contribution in [0.4, 0.5) is 0 Å². The number of nitrogens with one attached hydrogen (secondary N) is 1. The van der Waals surface area contributed by atoms with Crippen molar-refractivity contribution in [3.8, 4) is 0 Å². The zero-order chi connectivity index (χ0) is 12.4. The molecule has 0 amide bonds. The summed E-state index contributed by atoms with van der Waals surface area (Å²) in [5.74, 6) is 0. The summed E-state index contributed by atoms with van der Waals surface area (Å²) in [6.07, 6.45) is 6.22. The Hall–Kier alpha value is -0.120. The predicted molar refractivity (Wildman–Crippen MR) is 71.0 cm³/mol. The van der Waals surface area contributed by atoms with E-state index in [1.807, 2.05) is 0 Å². The molecule has 2 rings (SSSR count). The zero-order valence-electron chi connectivity index (χ0n) is 11.4. The second-order valence-electron chi connectivity index (χ2n) is 6.80. The summed E-state index contributed by atoms with van der Waals surface area (Å²) in [5, 5.41) is 3.76. The highest BCUT2D eigenvalue weighted by atomic mass is 16.5. The van der Waals surface area contributed by atoms with Crippen LogP contribution in [-0.2, 0) is 4.74 Å². The van der Waals surface area contributed by atoms with Crippen LogP contribution in [0.3, 0.4) is 0 Å². The Bertz CT molecular complexity index is 247. The molecule has 0 aromatic carbocycles. The maximum atomic E-state index is 5.98. The third kappa shape index (κ3) is 3.43. The quantitative estimate of drug-likeness (QED) is 0.789. The van der Waals surface area contributed by atoms with Crippen LogP contribution >= 0.6 is 0 Å². The highest BCUT2D eigenvalue weighted by Crippen LogP contribution is 2.37. The highest BCUT2D eigenvalue weighted by molar-refractivity contribution is 4.90. The van der Waals surface area contributed by atoms with Crippen molar-refractivity contribution in [1.82, 2.24) is 5.32 Å². The van der Waals surface area contributed by atoms with Crippen LogP contribution in [0.25, 0.3) is 0 Å². The van der Waals surface area contributed by atoms with E-state index in [0.717, 1.165) is 39.1 Å². The van der Waals surface area contributed by atoms with Gasteiger partial charge in [0.05, 0.1) is 0 Å². The Kier molecular flexibility index (Phi) is 4.11. The second kappa shape index (κ2) is 5.25. The fourth-order valence-electron chi connectivity index (χ4n) is 3.23. The number of nitrogens with two attached hydrogens (primary N) is 1. The van der Waals surface area contributed by atoms with Gasteiger partial charge in [-0.1, -0.05) is 13.8 Å². The zero-order valence-corrected chi connectivity index (χ0v) is 11.4. The molecule has 1 atom stereocenters. The van der Waals surface area contributed by atoms with E-state index in [2.05, 4.69) is 19.2 Å². The summed E-state index contributed by atoms with van der Waals surface area (Å²) in [7, 11) is 0. The molecule has 17 heavy (non-hydrogen) atoms. The molecule has 1 aliphatic carbocycles. The SMILES string of the molecule is CC1(C)CCC(NCC2(CN)CCOCC2)C1. The lowest BCUT2D eigenvalue weighted by Crippen LogP contribution is -2.46. The van der Waals surface area contributed by atoms with Crippen LogP contribution in [0.2, 0.25) is 0 Å². The minimum absolute atomic E-state index is 0.297. The van der Waals surface area contributed by atoms with Gasteiger partial charge in [0.1, 0.15) is 0 Å². The Labute approximate surface area is 105 Å². The van der Waals surface area contributed by atoms with E-state index in [9.17, 15) is 0 Å². The van der Waals surface area contributed by atoms with E-state index < -0.39 is 0 Å². The molecule has 1 heterocycles. The standard InChI is InChI=1S/C14H28N2O/c1-13(2)4-3-12(9-13)16-11-14(10-15)5-7-17-8-6-14/h12,16H,3-11,15H2,1-2H3. The van der Waals surface area contributed by atoms with Crippen LogP contribution in [0.1, 0.15) is 46.0 Å². The number of rotatable bonds is 4. The number of hydrogen-bond acceptors (Lipinski definition) is 3. The first kappa shape index (κ1) is 13.3. The van der Waals surface area contributed by atoms with E-state index in [0.29, 0.717) is 16.9 Å². The Morgan fingerprint density at radius 1 is 1.24 bits per heavy atom. The highest BCUT2D eigenvalue weighted by Gasteiger charge is 2.35. The van der Waals surface area contributed by atoms with Crippen molar-refractivity contribution in [3.63, 3.8) is 0 Å². The van der Waals surface area contributed by atoms with Gasteiger partial charge in [-0.3, -0.25) is 0 Å². The van der Waals surface area contributed by atoms with Gasteiger partial charge in [-0.2, -0.15) is 0 Å². The van der Waals surface area contributed by atoms with Gasteiger partial charge in [0.15, 0.2) is 0 Å². The fourth-order valence-corrected chi connectivity index (χ4v) is 3.23. The van der Waals surface area contributed by atoms with Crippen molar-refractivity contribution in [2.45, 2.75) is 52.0 Å². The molecule has 0 radical (unpaired) electrons. The molecule has 1 saturated heterocycles. The second-order valence-corrected chi connectivity index (χ2v) is 6.80. The minimum atomic E-state index is 0.297. The molecule has 2 aliphatic rings. The summed E-state index contributed by atoms with van der Waals surface area (Å²) in [6.45, 7) is 8.39. The first-order chi connectivity index (χ1) is 8.05. The normalized spacial score (nSPS) is 31.6. The molecule has 0 spiro atoms. The van der Waals surface area contributed by atoms with E-state index in [1.54, 1.807) is 0 Å². The van der Waals surface area contributed by atoms with Crippen LogP contribution in [0, 0.1) is 10.8 Å². The number of ether oxygens (including phenoxy) is 1. The van der Waals surface area contributed by atoms with Crippen LogP contribution in [0.5, 0.6) is 0 Å². The Balaban J connectivity index is 1.80. The van der Waals surface area contributed by atoms with E-state index >= 15 is 0 Å². The Morgan fingerprint density at radius 2 is 1.94 bits per heavy atom. The van der Waals surface area contributed by atoms with Gasteiger partial charge in [0, 0.05) is 25.8 Å². The van der Waals surface area contributed by atoms with Crippen molar-refractivity contribution >= 4 is 0 Å². The molecule has 0 bridgehead atoms. The molecule has 0 aromatic heterocycles. The van der Waals surface area contributed by atoms with Gasteiger partial charge in [-0.05, 0) is 49.5 Å². The van der Waals surface area contributed by atoms with Crippen molar-refractivity contribution in [2.75, 3.05) is 26.3 Å². The first-order valence-electron chi connectivity index (χ1n) is 7.07. The van der Waals surface area contributed by atoms with Gasteiger partial charge >= 0.3 is 0 Å². The molecule has 1 unspecified atom stereocenters. The molecule has 3 heteroatoms. The molecule has 1 aliphatic heterocycles. The number of hydrogen-bond donors (Lipinski definition) is 2. The average Bonchev–Trinajstić information content (AvgIpc) is 2.68. The predicted octanol–water partition coefficient (Wildman–Crippen LogP) is 1.91. The summed E-state index contributed by atoms with van der Waals surface area (Å²) in [4.78, 5) is 0. The van der Waals surface area contributed by atoms with Crippen molar-refractivity contribution in [2.24, 2.45) is 16.6 Å². The topological polar surface area (TPSA) is 47.3 Å². The molecule has 2 fully saturated rings. The van der Waals surface area contributed by atoms with Crippen molar-refractivity contribution in [1.29, 1.82) is 0 Å². The average molecular weight is 240 g/mol.